The van der Waals surface area contributed by atoms with E-state index in [1.165, 1.54) is 6.21 Å². The Bertz CT molecular complexity index is 1010. The van der Waals surface area contributed by atoms with Gasteiger partial charge in [-0.2, -0.15) is 20.1 Å². The second kappa shape index (κ2) is 8.87. The molecule has 1 aliphatic heterocycles. The maximum Gasteiger partial charge on any atom is 0.250 e. The molecule has 0 spiro atoms. The molecule has 3 N–H and O–H groups in total. The predicted molar refractivity (Wildman–Crippen MR) is 118 cm³/mol. The fourth-order valence-electron chi connectivity index (χ4n) is 2.97. The number of nitrogens with zero attached hydrogens (tertiary/aromatic N) is 5. The molecule has 0 radical (unpaired) electrons. The van der Waals surface area contributed by atoms with Gasteiger partial charge in [0.05, 0.1) is 6.21 Å². The maximum atomic E-state index is 9.93. The largest absolute Gasteiger partial charge is 0.507 e. The molecule has 2 heterocycles. The summed E-state index contributed by atoms with van der Waals surface area (Å²) < 4.78 is 0.850. The molecule has 29 heavy (non-hydrogen) atoms. The molecule has 8 nitrogen and oxygen atoms in total. The number of phenols is 1. The molecule has 1 saturated heterocycles. The second-order valence-electron chi connectivity index (χ2n) is 6.54. The average Bonchev–Trinajstić information content (AvgIpc) is 3.26. The van der Waals surface area contributed by atoms with E-state index in [4.69, 9.17) is 0 Å². The Hall–Kier alpha value is -3.20. The van der Waals surface area contributed by atoms with Gasteiger partial charge in [0.25, 0.3) is 0 Å². The first-order valence-corrected chi connectivity index (χ1v) is 10.1. The molecule has 4 rings (SSSR count). The average molecular weight is 454 g/mol. The zero-order valence-electron chi connectivity index (χ0n) is 15.6. The summed E-state index contributed by atoms with van der Waals surface area (Å²) in [6.45, 7) is 1.84. The van der Waals surface area contributed by atoms with E-state index < -0.39 is 0 Å². The second-order valence-corrected chi connectivity index (χ2v) is 7.46. The fraction of sp³-hybridized carbons (Fsp3) is 0.200. The van der Waals surface area contributed by atoms with Gasteiger partial charge in [-0.1, -0.05) is 34.1 Å². The number of phenolic OH excluding ortho intramolecular Hbond substituents is 1. The van der Waals surface area contributed by atoms with Crippen LogP contribution in [0.5, 0.6) is 5.75 Å². The van der Waals surface area contributed by atoms with E-state index in [-0.39, 0.29) is 5.75 Å². The number of aromatic hydroxyl groups is 1. The van der Waals surface area contributed by atoms with Crippen LogP contribution < -0.4 is 15.6 Å². The molecule has 3 aromatic rings. The van der Waals surface area contributed by atoms with Crippen LogP contribution in [-0.4, -0.2) is 39.4 Å². The molecule has 0 aliphatic carbocycles. The number of benzene rings is 2. The summed E-state index contributed by atoms with van der Waals surface area (Å²) in [6.07, 6.45) is 3.76. The summed E-state index contributed by atoms with van der Waals surface area (Å²) in [5.74, 6) is 1.51. The van der Waals surface area contributed by atoms with Crippen LogP contribution in [0.15, 0.2) is 58.1 Å². The molecular formula is C20H20BrN7O. The zero-order chi connectivity index (χ0) is 20.1. The molecule has 0 amide bonds. The number of hydrazone groups is 1. The van der Waals surface area contributed by atoms with E-state index in [1.54, 1.807) is 18.2 Å². The van der Waals surface area contributed by atoms with E-state index in [0.29, 0.717) is 23.4 Å². The van der Waals surface area contributed by atoms with Crippen molar-refractivity contribution in [2.45, 2.75) is 12.8 Å². The van der Waals surface area contributed by atoms with E-state index in [2.05, 4.69) is 51.6 Å². The highest BCUT2D eigenvalue weighted by molar-refractivity contribution is 9.10. The van der Waals surface area contributed by atoms with Crippen molar-refractivity contribution in [3.8, 4) is 5.75 Å². The highest BCUT2D eigenvalue weighted by atomic mass is 79.9. The lowest BCUT2D eigenvalue weighted by atomic mass is 10.2. The first kappa shape index (κ1) is 19.1. The number of halogens is 1. The van der Waals surface area contributed by atoms with Crippen LogP contribution in [0.3, 0.4) is 0 Å². The van der Waals surface area contributed by atoms with Crippen LogP contribution in [0.2, 0.25) is 0 Å². The SMILES string of the molecule is Oc1ccc(Br)cc1/C=N/Nc1nc(Nc2ccccc2)nc(N2CCCC2)n1. The third-order valence-corrected chi connectivity index (χ3v) is 4.89. The van der Waals surface area contributed by atoms with Crippen molar-refractivity contribution in [3.05, 3.63) is 58.6 Å². The molecule has 1 fully saturated rings. The fourth-order valence-corrected chi connectivity index (χ4v) is 3.35. The Morgan fingerprint density at radius 3 is 2.55 bits per heavy atom. The minimum Gasteiger partial charge on any atom is -0.507 e. The van der Waals surface area contributed by atoms with Crippen molar-refractivity contribution in [1.82, 2.24) is 15.0 Å². The van der Waals surface area contributed by atoms with Gasteiger partial charge in [0.2, 0.25) is 17.8 Å². The smallest absolute Gasteiger partial charge is 0.250 e. The Morgan fingerprint density at radius 1 is 1.00 bits per heavy atom. The number of aromatic nitrogens is 3. The van der Waals surface area contributed by atoms with Gasteiger partial charge in [-0.05, 0) is 43.2 Å². The summed E-state index contributed by atoms with van der Waals surface area (Å²) in [7, 11) is 0. The monoisotopic (exact) mass is 453 g/mol. The lowest BCUT2D eigenvalue weighted by Crippen LogP contribution is -2.21. The summed E-state index contributed by atoms with van der Waals surface area (Å²) in [4.78, 5) is 15.6. The summed E-state index contributed by atoms with van der Waals surface area (Å²) in [6, 6.07) is 14.9. The molecule has 0 bridgehead atoms. The van der Waals surface area contributed by atoms with Crippen molar-refractivity contribution in [2.75, 3.05) is 28.7 Å². The molecular weight excluding hydrogens is 434 g/mol. The number of nitrogens with one attached hydrogen (secondary N) is 2. The molecule has 0 atom stereocenters. The molecule has 0 saturated carbocycles. The quantitative estimate of drug-likeness (QED) is 0.381. The maximum absolute atomic E-state index is 9.93. The van der Waals surface area contributed by atoms with Crippen molar-refractivity contribution in [3.63, 3.8) is 0 Å². The lowest BCUT2D eigenvalue weighted by molar-refractivity contribution is 0.474. The highest BCUT2D eigenvalue weighted by Crippen LogP contribution is 2.22. The predicted octanol–water partition coefficient (Wildman–Crippen LogP) is 4.13. The number of anilines is 4. The van der Waals surface area contributed by atoms with Crippen LogP contribution in [0, 0.1) is 0 Å². The number of hydrogen-bond acceptors (Lipinski definition) is 8. The van der Waals surface area contributed by atoms with Crippen molar-refractivity contribution < 1.29 is 5.11 Å². The third kappa shape index (κ3) is 5.00. The van der Waals surface area contributed by atoms with Crippen LogP contribution in [-0.2, 0) is 0 Å². The van der Waals surface area contributed by atoms with Crippen molar-refractivity contribution in [2.24, 2.45) is 5.10 Å². The molecule has 1 aliphatic rings. The van der Waals surface area contributed by atoms with Crippen LogP contribution in [0.4, 0.5) is 23.5 Å². The third-order valence-electron chi connectivity index (χ3n) is 4.40. The summed E-state index contributed by atoms with van der Waals surface area (Å²) in [5, 5.41) is 17.3. The molecule has 148 valence electrons. The first-order chi connectivity index (χ1) is 14.2. The highest BCUT2D eigenvalue weighted by Gasteiger charge is 2.17. The van der Waals surface area contributed by atoms with E-state index in [1.807, 2.05) is 30.3 Å². The number of hydrogen-bond donors (Lipinski definition) is 3. The molecule has 2 aromatic carbocycles. The van der Waals surface area contributed by atoms with Crippen molar-refractivity contribution in [1.29, 1.82) is 0 Å². The zero-order valence-corrected chi connectivity index (χ0v) is 17.2. The lowest BCUT2D eigenvalue weighted by Gasteiger charge is -2.16. The summed E-state index contributed by atoms with van der Waals surface area (Å²) in [5.41, 5.74) is 4.31. The topological polar surface area (TPSA) is 98.6 Å². The normalized spacial score (nSPS) is 13.8. The number of rotatable bonds is 6. The van der Waals surface area contributed by atoms with Gasteiger partial charge in [0.15, 0.2) is 0 Å². The Labute approximate surface area is 176 Å². The van der Waals surface area contributed by atoms with Crippen molar-refractivity contribution >= 4 is 45.7 Å². The van der Waals surface area contributed by atoms with Gasteiger partial charge >= 0.3 is 0 Å². The van der Waals surface area contributed by atoms with E-state index in [9.17, 15) is 5.11 Å². The number of para-hydroxylation sites is 1. The molecule has 9 heteroatoms. The minimum atomic E-state index is 0.138. The van der Waals surface area contributed by atoms with Gasteiger partial charge in [-0.3, -0.25) is 0 Å². The summed E-state index contributed by atoms with van der Waals surface area (Å²) >= 11 is 3.38. The minimum absolute atomic E-state index is 0.138. The standard InChI is InChI=1S/C20H20BrN7O/c21-15-8-9-17(29)14(12-15)13-22-27-19-24-18(23-16-6-2-1-3-7-16)25-20(26-19)28-10-4-5-11-28/h1-3,6-9,12-13,29H,4-5,10-11H2,(H2,23,24,25,26,27)/b22-13+. The van der Waals surface area contributed by atoms with Crippen LogP contribution >= 0.6 is 15.9 Å². The molecule has 0 unspecified atom stereocenters. The van der Waals surface area contributed by atoms with Gasteiger partial charge < -0.3 is 15.3 Å². The van der Waals surface area contributed by atoms with Gasteiger partial charge in [-0.25, -0.2) is 5.43 Å². The van der Waals surface area contributed by atoms with Gasteiger partial charge in [-0.15, -0.1) is 0 Å². The Balaban J connectivity index is 1.57. The van der Waals surface area contributed by atoms with Gasteiger partial charge in [0, 0.05) is 28.8 Å². The first-order valence-electron chi connectivity index (χ1n) is 9.28. The van der Waals surface area contributed by atoms with E-state index in [0.717, 1.165) is 36.1 Å². The molecule has 1 aromatic heterocycles. The van der Waals surface area contributed by atoms with Gasteiger partial charge in [0.1, 0.15) is 5.75 Å². The van der Waals surface area contributed by atoms with Crippen LogP contribution in [0.1, 0.15) is 18.4 Å². The van der Waals surface area contributed by atoms with Crippen LogP contribution in [0.25, 0.3) is 0 Å². The Kier molecular flexibility index (Phi) is 5.85. The van der Waals surface area contributed by atoms with E-state index >= 15 is 0 Å². The Morgan fingerprint density at radius 2 is 1.76 bits per heavy atom.